The highest BCUT2D eigenvalue weighted by Gasteiger charge is 2.16. The van der Waals surface area contributed by atoms with Gasteiger partial charge < -0.3 is 14.1 Å². The van der Waals surface area contributed by atoms with Crippen molar-refractivity contribution >= 4 is 11.0 Å². The lowest BCUT2D eigenvalue weighted by Crippen LogP contribution is -2.30. The molecule has 3 aromatic rings. The lowest BCUT2D eigenvalue weighted by Gasteiger charge is -2.19. The summed E-state index contributed by atoms with van der Waals surface area (Å²) in [6.45, 7) is 8.87. The number of ether oxygens (including phenoxy) is 1. The fourth-order valence-corrected chi connectivity index (χ4v) is 3.95. The average molecular weight is 364 g/mol. The molecule has 2 heterocycles. The fraction of sp³-hybridized carbons (Fsp3) is 0.391. The molecule has 0 saturated carbocycles. The van der Waals surface area contributed by atoms with Crippen LogP contribution in [0.1, 0.15) is 19.1 Å². The number of methoxy groups -OCH3 is 1. The molecule has 2 aromatic carbocycles. The van der Waals surface area contributed by atoms with Gasteiger partial charge in [0, 0.05) is 24.0 Å². The molecular weight excluding hydrogens is 336 g/mol. The van der Waals surface area contributed by atoms with Crippen molar-refractivity contribution in [2.45, 2.75) is 19.9 Å². The van der Waals surface area contributed by atoms with Crippen LogP contribution in [0.2, 0.25) is 0 Å². The van der Waals surface area contributed by atoms with Crippen molar-refractivity contribution in [3.05, 3.63) is 54.3 Å². The van der Waals surface area contributed by atoms with Crippen molar-refractivity contribution in [3.8, 4) is 16.9 Å². The summed E-state index contributed by atoms with van der Waals surface area (Å²) in [7, 11) is 1.72. The van der Waals surface area contributed by atoms with Gasteiger partial charge in [0.05, 0.1) is 13.7 Å². The van der Waals surface area contributed by atoms with Crippen molar-refractivity contribution in [2.75, 3.05) is 39.8 Å². The Bertz CT molecular complexity index is 902. The number of hydrogen-bond acceptors (Lipinski definition) is 4. The summed E-state index contributed by atoms with van der Waals surface area (Å²) in [4.78, 5) is 5.03. The third-order valence-electron chi connectivity index (χ3n) is 5.49. The van der Waals surface area contributed by atoms with Gasteiger partial charge in [0.2, 0.25) is 0 Å². The second-order valence-corrected chi connectivity index (χ2v) is 7.23. The zero-order valence-electron chi connectivity index (χ0n) is 16.3. The van der Waals surface area contributed by atoms with Crippen LogP contribution in [0, 0.1) is 0 Å². The average Bonchev–Trinajstić information content (AvgIpc) is 2.97. The topological polar surface area (TPSA) is 28.9 Å². The number of furan rings is 1. The molecule has 0 unspecified atom stereocenters. The van der Waals surface area contributed by atoms with Gasteiger partial charge in [0.1, 0.15) is 17.1 Å². The first-order valence-electron chi connectivity index (χ1n) is 9.87. The third-order valence-corrected chi connectivity index (χ3v) is 5.49. The van der Waals surface area contributed by atoms with E-state index in [0.29, 0.717) is 0 Å². The maximum atomic E-state index is 6.13. The third kappa shape index (κ3) is 4.02. The van der Waals surface area contributed by atoms with E-state index in [0.717, 1.165) is 66.3 Å². The van der Waals surface area contributed by atoms with Crippen LogP contribution in [0.5, 0.6) is 5.75 Å². The molecule has 1 aliphatic rings. The Morgan fingerprint density at radius 2 is 1.78 bits per heavy atom. The van der Waals surface area contributed by atoms with E-state index >= 15 is 0 Å². The number of nitrogens with zero attached hydrogens (tertiary/aromatic N) is 2. The SMILES string of the molecule is CCN1CCCN(Cc2cc3cc(-c4ccccc4OC)ccc3o2)CC1. The van der Waals surface area contributed by atoms with E-state index in [4.69, 9.17) is 9.15 Å². The van der Waals surface area contributed by atoms with E-state index in [9.17, 15) is 0 Å². The molecule has 4 heteroatoms. The van der Waals surface area contributed by atoms with Crippen LogP contribution in [0.3, 0.4) is 0 Å². The van der Waals surface area contributed by atoms with E-state index in [1.807, 2.05) is 18.2 Å². The molecule has 0 bridgehead atoms. The molecule has 0 spiro atoms. The van der Waals surface area contributed by atoms with Crippen LogP contribution in [0.15, 0.2) is 52.9 Å². The largest absolute Gasteiger partial charge is 0.496 e. The Morgan fingerprint density at radius 3 is 2.63 bits per heavy atom. The van der Waals surface area contributed by atoms with E-state index in [2.05, 4.69) is 47.1 Å². The molecule has 0 aliphatic carbocycles. The highest BCUT2D eigenvalue weighted by Crippen LogP contribution is 2.32. The Hall–Kier alpha value is -2.30. The number of rotatable bonds is 5. The van der Waals surface area contributed by atoms with Crippen LogP contribution in [-0.2, 0) is 6.54 Å². The maximum Gasteiger partial charge on any atom is 0.134 e. The summed E-state index contributed by atoms with van der Waals surface area (Å²) in [5, 5.41) is 1.15. The van der Waals surface area contributed by atoms with Gasteiger partial charge in [-0.2, -0.15) is 0 Å². The van der Waals surface area contributed by atoms with Gasteiger partial charge in [-0.25, -0.2) is 0 Å². The van der Waals surface area contributed by atoms with Crippen LogP contribution >= 0.6 is 0 Å². The molecular formula is C23H28N2O2. The predicted molar refractivity (Wildman–Crippen MR) is 110 cm³/mol. The summed E-state index contributed by atoms with van der Waals surface area (Å²) in [6, 6.07) is 16.7. The van der Waals surface area contributed by atoms with Crippen molar-refractivity contribution in [1.29, 1.82) is 0 Å². The van der Waals surface area contributed by atoms with Gasteiger partial charge in [-0.3, -0.25) is 4.90 Å². The lowest BCUT2D eigenvalue weighted by atomic mass is 10.0. The number of likely N-dealkylation sites (N-methyl/N-ethyl adjacent to an activating group) is 1. The summed E-state index contributed by atoms with van der Waals surface area (Å²) in [5.74, 6) is 1.94. The summed E-state index contributed by atoms with van der Waals surface area (Å²) >= 11 is 0. The van der Waals surface area contributed by atoms with Crippen LogP contribution in [0.25, 0.3) is 22.1 Å². The molecule has 0 radical (unpaired) electrons. The quantitative estimate of drug-likeness (QED) is 0.660. The van der Waals surface area contributed by atoms with Crippen LogP contribution in [0.4, 0.5) is 0 Å². The second kappa shape index (κ2) is 8.15. The van der Waals surface area contributed by atoms with Gasteiger partial charge in [0.15, 0.2) is 0 Å². The Kier molecular flexibility index (Phi) is 5.46. The molecule has 27 heavy (non-hydrogen) atoms. The van der Waals surface area contributed by atoms with E-state index in [1.54, 1.807) is 7.11 Å². The molecule has 0 amide bonds. The monoisotopic (exact) mass is 364 g/mol. The second-order valence-electron chi connectivity index (χ2n) is 7.23. The smallest absolute Gasteiger partial charge is 0.134 e. The summed E-state index contributed by atoms with van der Waals surface area (Å²) in [6.07, 6.45) is 1.23. The van der Waals surface area contributed by atoms with Gasteiger partial charge in [-0.05, 0) is 55.9 Å². The number of para-hydroxylation sites is 1. The zero-order chi connectivity index (χ0) is 18.6. The van der Waals surface area contributed by atoms with Crippen LogP contribution < -0.4 is 4.74 Å². The maximum absolute atomic E-state index is 6.13. The number of benzene rings is 2. The van der Waals surface area contributed by atoms with Gasteiger partial charge >= 0.3 is 0 Å². The number of fused-ring (bicyclic) bond motifs is 1. The molecule has 1 fully saturated rings. The highest BCUT2D eigenvalue weighted by molar-refractivity contribution is 5.85. The molecule has 4 rings (SSSR count). The van der Waals surface area contributed by atoms with Crippen molar-refractivity contribution in [2.24, 2.45) is 0 Å². The standard InChI is InChI=1S/C23H28N2O2/c1-3-24-11-6-12-25(14-13-24)17-20-16-19-15-18(9-10-22(19)27-20)21-7-4-5-8-23(21)26-2/h4-5,7-10,15-16H,3,6,11-14,17H2,1-2H3. The minimum atomic E-state index is 0.885. The van der Waals surface area contributed by atoms with Gasteiger partial charge in [-0.1, -0.05) is 31.2 Å². The number of hydrogen-bond donors (Lipinski definition) is 0. The molecule has 1 saturated heterocycles. The minimum Gasteiger partial charge on any atom is -0.496 e. The fourth-order valence-electron chi connectivity index (χ4n) is 3.95. The van der Waals surface area contributed by atoms with Gasteiger partial charge in [0.25, 0.3) is 0 Å². The molecule has 0 atom stereocenters. The summed E-state index contributed by atoms with van der Waals surface area (Å²) < 4.78 is 11.6. The first kappa shape index (κ1) is 18.1. The lowest BCUT2D eigenvalue weighted by molar-refractivity contribution is 0.243. The Morgan fingerprint density at radius 1 is 0.963 bits per heavy atom. The van der Waals surface area contributed by atoms with Crippen LogP contribution in [-0.4, -0.2) is 49.6 Å². The van der Waals surface area contributed by atoms with E-state index in [1.165, 1.54) is 13.0 Å². The van der Waals surface area contributed by atoms with Gasteiger partial charge in [-0.15, -0.1) is 0 Å². The molecule has 142 valence electrons. The first-order chi connectivity index (χ1) is 13.3. The first-order valence-corrected chi connectivity index (χ1v) is 9.87. The minimum absolute atomic E-state index is 0.885. The molecule has 1 aliphatic heterocycles. The Labute approximate surface area is 161 Å². The predicted octanol–water partition coefficient (Wildman–Crippen LogP) is 4.64. The van der Waals surface area contributed by atoms with Crippen molar-refractivity contribution < 1.29 is 9.15 Å². The summed E-state index contributed by atoms with van der Waals surface area (Å²) in [5.41, 5.74) is 3.21. The van der Waals surface area contributed by atoms with E-state index in [-0.39, 0.29) is 0 Å². The molecule has 0 N–H and O–H groups in total. The highest BCUT2D eigenvalue weighted by atomic mass is 16.5. The molecule has 1 aromatic heterocycles. The zero-order valence-corrected chi connectivity index (χ0v) is 16.3. The molecule has 4 nitrogen and oxygen atoms in total. The van der Waals surface area contributed by atoms with Crippen molar-refractivity contribution in [1.82, 2.24) is 9.80 Å². The van der Waals surface area contributed by atoms with Crippen molar-refractivity contribution in [3.63, 3.8) is 0 Å². The van der Waals surface area contributed by atoms with E-state index < -0.39 is 0 Å². The Balaban J connectivity index is 1.54. The normalized spacial score (nSPS) is 16.5.